The molecule has 0 saturated carbocycles. The fourth-order valence-electron chi connectivity index (χ4n) is 2.07. The highest BCUT2D eigenvalue weighted by Crippen LogP contribution is 2.19. The van der Waals surface area contributed by atoms with E-state index in [1.54, 1.807) is 18.5 Å². The van der Waals surface area contributed by atoms with Crippen LogP contribution in [0, 0.1) is 0 Å². The third-order valence-electron chi connectivity index (χ3n) is 3.10. The number of rotatable bonds is 3. The highest BCUT2D eigenvalue weighted by molar-refractivity contribution is 5.93. The summed E-state index contributed by atoms with van der Waals surface area (Å²) < 4.78 is 5.18. The minimum atomic E-state index is -0.197. The largest absolute Gasteiger partial charge is 0.355 e. The van der Waals surface area contributed by atoms with Gasteiger partial charge in [-0.05, 0) is 25.1 Å². The van der Waals surface area contributed by atoms with E-state index in [9.17, 15) is 4.79 Å². The zero-order chi connectivity index (χ0) is 13.1. The molecule has 0 bridgehead atoms. The summed E-state index contributed by atoms with van der Waals surface area (Å²) in [6.45, 7) is 1.74. The lowest BCUT2D eigenvalue weighted by Crippen LogP contribution is -2.36. The van der Waals surface area contributed by atoms with Crippen molar-refractivity contribution in [3.8, 4) is 11.3 Å². The zero-order valence-electron chi connectivity index (χ0n) is 11.1. The van der Waals surface area contributed by atoms with Crippen molar-refractivity contribution in [2.45, 2.75) is 12.5 Å². The topological polar surface area (TPSA) is 80.0 Å². The number of aromatic nitrogens is 2. The molecule has 1 aliphatic rings. The summed E-state index contributed by atoms with van der Waals surface area (Å²) in [5, 5.41) is 9.93. The van der Waals surface area contributed by atoms with Crippen molar-refractivity contribution in [3.05, 3.63) is 36.3 Å². The maximum absolute atomic E-state index is 12.0. The Kier molecular flexibility index (Phi) is 6.61. The summed E-state index contributed by atoms with van der Waals surface area (Å²) in [5.41, 5.74) is 1.16. The fourth-order valence-corrected chi connectivity index (χ4v) is 2.07. The maximum Gasteiger partial charge on any atom is 0.273 e. The van der Waals surface area contributed by atoms with Gasteiger partial charge >= 0.3 is 0 Å². The Morgan fingerprint density at radius 2 is 2.10 bits per heavy atom. The quantitative estimate of drug-likeness (QED) is 0.894. The smallest absolute Gasteiger partial charge is 0.273 e. The summed E-state index contributed by atoms with van der Waals surface area (Å²) in [6, 6.07) is 5.44. The van der Waals surface area contributed by atoms with Gasteiger partial charge in [-0.15, -0.1) is 24.8 Å². The molecule has 1 unspecified atom stereocenters. The molecule has 1 fully saturated rings. The van der Waals surface area contributed by atoms with E-state index in [1.807, 2.05) is 12.1 Å². The van der Waals surface area contributed by atoms with E-state index in [0.29, 0.717) is 11.5 Å². The highest BCUT2D eigenvalue weighted by atomic mass is 35.5. The lowest BCUT2D eigenvalue weighted by atomic mass is 10.2. The van der Waals surface area contributed by atoms with Crippen LogP contribution >= 0.6 is 24.8 Å². The number of nitrogens with one attached hydrogen (secondary N) is 2. The van der Waals surface area contributed by atoms with Gasteiger partial charge < -0.3 is 15.2 Å². The lowest BCUT2D eigenvalue weighted by molar-refractivity contribution is 0.0931. The summed E-state index contributed by atoms with van der Waals surface area (Å²) >= 11 is 0. The van der Waals surface area contributed by atoms with E-state index in [0.717, 1.165) is 25.1 Å². The molecule has 1 atom stereocenters. The molecule has 3 heterocycles. The van der Waals surface area contributed by atoms with Crippen LogP contribution < -0.4 is 10.6 Å². The van der Waals surface area contributed by atoms with Crippen LogP contribution in [-0.4, -0.2) is 35.2 Å². The molecular weight excluding hydrogens is 315 g/mol. The van der Waals surface area contributed by atoms with Gasteiger partial charge in [0.05, 0.1) is 0 Å². The van der Waals surface area contributed by atoms with Crippen LogP contribution in [0.15, 0.2) is 35.1 Å². The highest BCUT2D eigenvalue weighted by Gasteiger charge is 2.20. The third-order valence-corrected chi connectivity index (χ3v) is 3.10. The van der Waals surface area contributed by atoms with Crippen molar-refractivity contribution in [1.82, 2.24) is 20.8 Å². The third kappa shape index (κ3) is 4.17. The van der Waals surface area contributed by atoms with Crippen LogP contribution in [-0.2, 0) is 0 Å². The van der Waals surface area contributed by atoms with Crippen molar-refractivity contribution in [2.24, 2.45) is 0 Å². The molecule has 3 rings (SSSR count). The van der Waals surface area contributed by atoms with Gasteiger partial charge in [-0.3, -0.25) is 9.78 Å². The van der Waals surface area contributed by atoms with Gasteiger partial charge in [0.15, 0.2) is 11.5 Å². The Bertz CT molecular complexity index is 571. The van der Waals surface area contributed by atoms with Crippen LogP contribution in [0.5, 0.6) is 0 Å². The molecule has 2 N–H and O–H groups in total. The fraction of sp³-hybridized carbons (Fsp3) is 0.308. The van der Waals surface area contributed by atoms with Gasteiger partial charge in [-0.1, -0.05) is 5.16 Å². The maximum atomic E-state index is 12.0. The number of pyridine rings is 1. The van der Waals surface area contributed by atoms with Gasteiger partial charge in [0.1, 0.15) is 0 Å². The van der Waals surface area contributed by atoms with Crippen molar-refractivity contribution in [1.29, 1.82) is 0 Å². The number of carbonyl (C=O) groups is 1. The minimum absolute atomic E-state index is 0. The van der Waals surface area contributed by atoms with E-state index in [1.165, 1.54) is 0 Å². The number of amides is 1. The van der Waals surface area contributed by atoms with E-state index in [2.05, 4.69) is 20.8 Å². The van der Waals surface area contributed by atoms with E-state index < -0.39 is 0 Å². The molecule has 114 valence electrons. The van der Waals surface area contributed by atoms with Crippen LogP contribution in [0.1, 0.15) is 16.9 Å². The summed E-state index contributed by atoms with van der Waals surface area (Å²) in [4.78, 5) is 15.9. The molecule has 2 aromatic heterocycles. The van der Waals surface area contributed by atoms with E-state index in [4.69, 9.17) is 4.52 Å². The SMILES string of the molecule is Cl.Cl.O=C(NC1CCNC1)c1cc(-c2ccncc2)on1. The Labute approximate surface area is 134 Å². The molecule has 1 amide bonds. The second-order valence-electron chi connectivity index (χ2n) is 4.48. The predicted molar refractivity (Wildman–Crippen MR) is 83.0 cm³/mol. The molecule has 1 aliphatic heterocycles. The molecule has 8 heteroatoms. The van der Waals surface area contributed by atoms with Crippen molar-refractivity contribution in [3.63, 3.8) is 0 Å². The average Bonchev–Trinajstić information content (AvgIpc) is 3.10. The first kappa shape index (κ1) is 17.4. The molecule has 21 heavy (non-hydrogen) atoms. The number of carbonyl (C=O) groups excluding carboxylic acids is 1. The second-order valence-corrected chi connectivity index (χ2v) is 4.48. The van der Waals surface area contributed by atoms with Crippen LogP contribution in [0.3, 0.4) is 0 Å². The van der Waals surface area contributed by atoms with Gasteiger partial charge in [0.25, 0.3) is 5.91 Å². The molecular formula is C13H16Cl2N4O2. The monoisotopic (exact) mass is 330 g/mol. The van der Waals surface area contributed by atoms with E-state index >= 15 is 0 Å². The standard InChI is InChI=1S/C13H14N4O2.2ClH/c18-13(16-10-3-6-15-8-10)11-7-12(19-17-11)9-1-4-14-5-2-9;;/h1-2,4-5,7,10,15H,3,6,8H2,(H,16,18);2*1H. The Morgan fingerprint density at radius 3 is 2.76 bits per heavy atom. The molecule has 2 aromatic rings. The molecule has 0 aromatic carbocycles. The molecule has 1 saturated heterocycles. The normalized spacial score (nSPS) is 16.7. The van der Waals surface area contributed by atoms with Crippen molar-refractivity contribution in [2.75, 3.05) is 13.1 Å². The summed E-state index contributed by atoms with van der Waals surface area (Å²) in [7, 11) is 0. The summed E-state index contributed by atoms with van der Waals surface area (Å²) in [5.74, 6) is 0.370. The van der Waals surface area contributed by atoms with Crippen LogP contribution in [0.25, 0.3) is 11.3 Å². The molecule has 0 radical (unpaired) electrons. The first-order chi connectivity index (χ1) is 9.33. The average molecular weight is 331 g/mol. The van der Waals surface area contributed by atoms with Gasteiger partial charge in [-0.25, -0.2) is 0 Å². The van der Waals surface area contributed by atoms with Crippen LogP contribution in [0.2, 0.25) is 0 Å². The Hall–Kier alpha value is -1.63. The van der Waals surface area contributed by atoms with Gasteiger partial charge in [-0.2, -0.15) is 0 Å². The number of hydrogen-bond acceptors (Lipinski definition) is 5. The number of halogens is 2. The first-order valence-corrected chi connectivity index (χ1v) is 6.21. The molecule has 6 nitrogen and oxygen atoms in total. The van der Waals surface area contributed by atoms with Crippen molar-refractivity contribution < 1.29 is 9.32 Å². The summed E-state index contributed by atoms with van der Waals surface area (Å²) in [6.07, 6.45) is 4.28. The Balaban J connectivity index is 0.00000110. The van der Waals surface area contributed by atoms with Crippen LogP contribution in [0.4, 0.5) is 0 Å². The first-order valence-electron chi connectivity index (χ1n) is 6.21. The minimum Gasteiger partial charge on any atom is -0.355 e. The lowest BCUT2D eigenvalue weighted by Gasteiger charge is -2.08. The Morgan fingerprint density at radius 1 is 1.33 bits per heavy atom. The van der Waals surface area contributed by atoms with Gasteiger partial charge in [0, 0.05) is 36.6 Å². The zero-order valence-corrected chi connectivity index (χ0v) is 12.7. The molecule has 0 aliphatic carbocycles. The predicted octanol–water partition coefficient (Wildman–Crippen LogP) is 1.67. The van der Waals surface area contributed by atoms with Gasteiger partial charge in [0.2, 0.25) is 0 Å². The second kappa shape index (κ2) is 7.97. The van der Waals surface area contributed by atoms with E-state index in [-0.39, 0.29) is 36.8 Å². The molecule has 0 spiro atoms. The van der Waals surface area contributed by atoms with Crippen molar-refractivity contribution >= 4 is 30.7 Å². The number of hydrogen-bond donors (Lipinski definition) is 2. The number of nitrogens with zero attached hydrogens (tertiary/aromatic N) is 2.